The first-order valence-electron chi connectivity index (χ1n) is 5.76. The van der Waals surface area contributed by atoms with Crippen LogP contribution in [0.4, 0.5) is 5.69 Å². The zero-order valence-corrected chi connectivity index (χ0v) is 11.1. The monoisotopic (exact) mass is 280 g/mol. The summed E-state index contributed by atoms with van der Waals surface area (Å²) in [5, 5.41) is 10.8. The Morgan fingerprint density at radius 3 is 2.74 bits per heavy atom. The fraction of sp³-hybridized carbons (Fsp3) is 0.231. The summed E-state index contributed by atoms with van der Waals surface area (Å²) in [4.78, 5) is 10.2. The van der Waals surface area contributed by atoms with Crippen molar-refractivity contribution < 1.29 is 9.34 Å². The van der Waals surface area contributed by atoms with E-state index in [0.29, 0.717) is 17.7 Å². The molecule has 19 heavy (non-hydrogen) atoms. The maximum Gasteiger partial charge on any atom is 0.287 e. The van der Waals surface area contributed by atoms with Crippen LogP contribution in [0, 0.1) is 10.1 Å². The molecule has 1 aromatic heterocycles. The predicted molar refractivity (Wildman–Crippen MR) is 73.2 cm³/mol. The zero-order chi connectivity index (χ0) is 14.0. The van der Waals surface area contributed by atoms with Gasteiger partial charge >= 0.3 is 0 Å². The second-order valence-corrected chi connectivity index (χ2v) is 4.78. The fourth-order valence-corrected chi connectivity index (χ4v) is 2.02. The maximum absolute atomic E-state index is 10.7. The maximum atomic E-state index is 10.7. The van der Waals surface area contributed by atoms with E-state index >= 15 is 0 Å². The number of furan rings is 1. The van der Waals surface area contributed by atoms with E-state index < -0.39 is 4.92 Å². The minimum atomic E-state index is -0.518. The van der Waals surface area contributed by atoms with Crippen molar-refractivity contribution in [3.05, 3.63) is 51.2 Å². The number of nitro groups is 1. The van der Waals surface area contributed by atoms with Crippen molar-refractivity contribution >= 4 is 17.3 Å². The van der Waals surface area contributed by atoms with E-state index in [0.717, 1.165) is 5.76 Å². The van der Waals surface area contributed by atoms with Crippen molar-refractivity contribution in [1.29, 1.82) is 0 Å². The van der Waals surface area contributed by atoms with E-state index in [1.165, 1.54) is 12.1 Å². The third-order valence-electron chi connectivity index (χ3n) is 2.61. The molecular formula is C13H13ClN2O3. The van der Waals surface area contributed by atoms with Gasteiger partial charge in [0, 0.05) is 24.1 Å². The summed E-state index contributed by atoms with van der Waals surface area (Å²) < 4.78 is 5.63. The molecule has 0 aliphatic rings. The predicted octanol–water partition coefficient (Wildman–Crippen LogP) is 3.40. The number of nitrogens with zero attached hydrogens (tertiary/aromatic N) is 1. The fourth-order valence-electron chi connectivity index (χ4n) is 1.77. The van der Waals surface area contributed by atoms with Crippen molar-refractivity contribution in [2.24, 2.45) is 5.73 Å². The first-order chi connectivity index (χ1) is 8.97. The van der Waals surface area contributed by atoms with Crippen LogP contribution in [0.3, 0.4) is 0 Å². The van der Waals surface area contributed by atoms with Gasteiger partial charge in [0.25, 0.3) is 5.69 Å². The van der Waals surface area contributed by atoms with Gasteiger partial charge in [-0.05, 0) is 31.2 Å². The first kappa shape index (κ1) is 13.6. The molecule has 1 aromatic carbocycles. The van der Waals surface area contributed by atoms with Crippen LogP contribution in [-0.4, -0.2) is 11.0 Å². The van der Waals surface area contributed by atoms with Gasteiger partial charge in [-0.1, -0.05) is 11.6 Å². The summed E-state index contributed by atoms with van der Waals surface area (Å²) in [6.07, 6.45) is 0.640. The van der Waals surface area contributed by atoms with Crippen LogP contribution < -0.4 is 5.73 Å². The molecule has 0 spiro atoms. The lowest BCUT2D eigenvalue weighted by molar-refractivity contribution is -0.384. The second-order valence-electron chi connectivity index (χ2n) is 4.37. The average Bonchev–Trinajstić information content (AvgIpc) is 2.75. The smallest absolute Gasteiger partial charge is 0.287 e. The summed E-state index contributed by atoms with van der Waals surface area (Å²) in [5.41, 5.74) is 6.28. The normalized spacial score (nSPS) is 12.4. The molecule has 2 rings (SSSR count). The number of rotatable bonds is 4. The molecule has 100 valence electrons. The molecule has 6 heteroatoms. The molecular weight excluding hydrogens is 268 g/mol. The second kappa shape index (κ2) is 5.42. The molecule has 2 N–H and O–H groups in total. The Hall–Kier alpha value is -1.85. The number of nitro benzene ring substituents is 1. The summed E-state index contributed by atoms with van der Waals surface area (Å²) >= 11 is 5.86. The van der Waals surface area contributed by atoms with E-state index in [2.05, 4.69) is 0 Å². The summed E-state index contributed by atoms with van der Waals surface area (Å²) in [6, 6.07) is 8.15. The van der Waals surface area contributed by atoms with Crippen LogP contribution in [0.1, 0.15) is 12.7 Å². The van der Waals surface area contributed by atoms with Gasteiger partial charge in [-0.3, -0.25) is 10.1 Å². The van der Waals surface area contributed by atoms with E-state index in [4.69, 9.17) is 21.8 Å². The van der Waals surface area contributed by atoms with Gasteiger partial charge in [0.2, 0.25) is 0 Å². The minimum Gasteiger partial charge on any atom is -0.461 e. The molecule has 0 aliphatic heterocycles. The van der Waals surface area contributed by atoms with Gasteiger partial charge in [0.15, 0.2) is 0 Å². The van der Waals surface area contributed by atoms with Gasteiger partial charge in [0.1, 0.15) is 16.5 Å². The molecule has 5 nitrogen and oxygen atoms in total. The number of nitrogens with two attached hydrogens (primary N) is 1. The molecule has 1 atom stereocenters. The van der Waals surface area contributed by atoms with Crippen molar-refractivity contribution in [2.45, 2.75) is 19.4 Å². The molecule has 0 saturated carbocycles. The average molecular weight is 281 g/mol. The standard InChI is InChI=1S/C13H13ClN2O3/c1-8(15)6-10-3-5-13(19-10)9-2-4-12(16(17)18)11(14)7-9/h2-5,7-8H,6,15H2,1H3. The highest BCUT2D eigenvalue weighted by molar-refractivity contribution is 6.32. The van der Waals surface area contributed by atoms with Crippen LogP contribution in [0.25, 0.3) is 11.3 Å². The SMILES string of the molecule is CC(N)Cc1ccc(-c2ccc([N+](=O)[O-])c(Cl)c2)o1. The van der Waals surface area contributed by atoms with E-state index in [9.17, 15) is 10.1 Å². The lowest BCUT2D eigenvalue weighted by Crippen LogP contribution is -2.17. The first-order valence-corrected chi connectivity index (χ1v) is 6.14. The highest BCUT2D eigenvalue weighted by Crippen LogP contribution is 2.31. The lowest BCUT2D eigenvalue weighted by Gasteiger charge is -2.02. The number of hydrogen-bond acceptors (Lipinski definition) is 4. The topological polar surface area (TPSA) is 82.3 Å². The summed E-state index contributed by atoms with van der Waals surface area (Å²) in [7, 11) is 0. The van der Waals surface area contributed by atoms with E-state index in [1.807, 2.05) is 13.0 Å². The van der Waals surface area contributed by atoms with Crippen LogP contribution in [0.5, 0.6) is 0 Å². The van der Waals surface area contributed by atoms with Gasteiger partial charge < -0.3 is 10.2 Å². The van der Waals surface area contributed by atoms with Gasteiger partial charge in [-0.25, -0.2) is 0 Å². The molecule has 1 unspecified atom stereocenters. The molecule has 2 aromatic rings. The molecule has 0 saturated heterocycles. The zero-order valence-electron chi connectivity index (χ0n) is 10.3. The Bertz CT molecular complexity index is 608. The minimum absolute atomic E-state index is 0.0134. The van der Waals surface area contributed by atoms with E-state index in [1.54, 1.807) is 12.1 Å². The Kier molecular flexibility index (Phi) is 3.87. The van der Waals surface area contributed by atoms with Gasteiger partial charge in [0.05, 0.1) is 4.92 Å². The highest BCUT2D eigenvalue weighted by Gasteiger charge is 2.14. The third-order valence-corrected chi connectivity index (χ3v) is 2.92. The van der Waals surface area contributed by atoms with E-state index in [-0.39, 0.29) is 16.8 Å². The Morgan fingerprint density at radius 1 is 1.42 bits per heavy atom. The Morgan fingerprint density at radius 2 is 2.16 bits per heavy atom. The molecule has 1 heterocycles. The van der Waals surface area contributed by atoms with Gasteiger partial charge in [-0.15, -0.1) is 0 Å². The van der Waals surface area contributed by atoms with Crippen LogP contribution in [-0.2, 0) is 6.42 Å². The number of benzene rings is 1. The number of halogens is 1. The van der Waals surface area contributed by atoms with Crippen LogP contribution in [0.15, 0.2) is 34.7 Å². The quantitative estimate of drug-likeness (QED) is 0.687. The van der Waals surface area contributed by atoms with Crippen molar-refractivity contribution in [3.8, 4) is 11.3 Å². The van der Waals surface area contributed by atoms with Crippen LogP contribution >= 0.6 is 11.6 Å². The Balaban J connectivity index is 2.29. The summed E-state index contributed by atoms with van der Waals surface area (Å²) in [6.45, 7) is 1.89. The largest absolute Gasteiger partial charge is 0.461 e. The van der Waals surface area contributed by atoms with Gasteiger partial charge in [-0.2, -0.15) is 0 Å². The number of hydrogen-bond donors (Lipinski definition) is 1. The van der Waals surface area contributed by atoms with Crippen molar-refractivity contribution in [2.75, 3.05) is 0 Å². The lowest BCUT2D eigenvalue weighted by atomic mass is 10.1. The van der Waals surface area contributed by atoms with Crippen molar-refractivity contribution in [1.82, 2.24) is 0 Å². The molecule has 0 radical (unpaired) electrons. The molecule has 0 amide bonds. The molecule has 0 bridgehead atoms. The van der Waals surface area contributed by atoms with Crippen molar-refractivity contribution in [3.63, 3.8) is 0 Å². The molecule has 0 fully saturated rings. The highest BCUT2D eigenvalue weighted by atomic mass is 35.5. The molecule has 0 aliphatic carbocycles. The third kappa shape index (κ3) is 3.13. The Labute approximate surface area is 115 Å². The van der Waals surface area contributed by atoms with Crippen LogP contribution in [0.2, 0.25) is 5.02 Å². The summed E-state index contributed by atoms with van der Waals surface area (Å²) in [5.74, 6) is 1.40.